The van der Waals surface area contributed by atoms with Gasteiger partial charge >= 0.3 is 5.91 Å². The first-order valence-electron chi connectivity index (χ1n) is 10.3. The molecule has 33 heavy (non-hydrogen) atoms. The van der Waals surface area contributed by atoms with Crippen LogP contribution in [0, 0.1) is 0 Å². The van der Waals surface area contributed by atoms with E-state index in [0.717, 1.165) is 27.9 Å². The smallest absolute Gasteiger partial charge is 0.310 e. The molecule has 0 saturated heterocycles. The van der Waals surface area contributed by atoms with Crippen molar-refractivity contribution in [2.45, 2.75) is 12.5 Å². The van der Waals surface area contributed by atoms with Crippen LogP contribution >= 0.6 is 11.6 Å². The third-order valence-electron chi connectivity index (χ3n) is 5.64. The maximum Gasteiger partial charge on any atom is 0.310 e. The maximum absolute atomic E-state index is 13.3. The van der Waals surface area contributed by atoms with Crippen LogP contribution in [0.5, 0.6) is 11.5 Å². The van der Waals surface area contributed by atoms with Gasteiger partial charge in [-0.15, -0.1) is 0 Å². The highest BCUT2D eigenvalue weighted by Gasteiger charge is 2.36. The summed E-state index contributed by atoms with van der Waals surface area (Å²) in [5, 5.41) is 7.27. The third-order valence-corrected chi connectivity index (χ3v) is 5.94. The number of hydrogen-bond donors (Lipinski definition) is 0. The summed E-state index contributed by atoms with van der Waals surface area (Å²) in [4.78, 5) is 17.8. The lowest BCUT2D eigenvalue weighted by Crippen LogP contribution is -2.27. The van der Waals surface area contributed by atoms with Crippen molar-refractivity contribution in [1.82, 2.24) is 9.99 Å². The molecular weight excluding hydrogens is 442 g/mol. The van der Waals surface area contributed by atoms with E-state index in [4.69, 9.17) is 25.5 Å². The predicted octanol–water partition coefficient (Wildman–Crippen LogP) is 5.49. The number of carbonyl (C=O) groups excluding carboxylic acids is 1. The highest BCUT2D eigenvalue weighted by Crippen LogP contribution is 2.38. The largest absolute Gasteiger partial charge is 0.497 e. The Kier molecular flexibility index (Phi) is 5.48. The molecule has 0 saturated carbocycles. The molecule has 8 heteroatoms. The Morgan fingerprint density at radius 1 is 1.06 bits per heavy atom. The van der Waals surface area contributed by atoms with E-state index >= 15 is 0 Å². The SMILES string of the molecule is COc1ccc(C2=NN(C(=O)c3ccco3)[C@H](c3cc4cc(OC)ccc4nc3Cl)C2)cc1. The molecule has 5 rings (SSSR count). The molecule has 3 heterocycles. The molecule has 1 aliphatic heterocycles. The van der Waals surface area contributed by atoms with Crippen molar-refractivity contribution in [3.8, 4) is 11.5 Å². The molecule has 2 aromatic carbocycles. The van der Waals surface area contributed by atoms with Crippen LogP contribution in [-0.2, 0) is 0 Å². The molecule has 0 spiro atoms. The van der Waals surface area contributed by atoms with Crippen LogP contribution in [-0.4, -0.2) is 35.8 Å². The normalized spacial score (nSPS) is 15.5. The van der Waals surface area contributed by atoms with Crippen LogP contribution in [0.1, 0.15) is 34.1 Å². The number of fused-ring (bicyclic) bond motifs is 1. The Balaban J connectivity index is 1.58. The van der Waals surface area contributed by atoms with Crippen molar-refractivity contribution >= 4 is 34.1 Å². The van der Waals surface area contributed by atoms with Crippen LogP contribution in [0.2, 0.25) is 5.15 Å². The molecule has 166 valence electrons. The molecule has 1 aliphatic rings. The van der Waals surface area contributed by atoms with Crippen LogP contribution in [0.15, 0.2) is 76.4 Å². The molecule has 1 amide bonds. The lowest BCUT2D eigenvalue weighted by Gasteiger charge is -2.22. The minimum atomic E-state index is -0.449. The topological polar surface area (TPSA) is 77.2 Å². The van der Waals surface area contributed by atoms with Gasteiger partial charge in [0.05, 0.1) is 37.8 Å². The van der Waals surface area contributed by atoms with Gasteiger partial charge in [-0.3, -0.25) is 4.79 Å². The maximum atomic E-state index is 13.3. The number of furan rings is 1. The lowest BCUT2D eigenvalue weighted by atomic mass is 9.98. The molecule has 2 aromatic heterocycles. The number of carbonyl (C=O) groups is 1. The predicted molar refractivity (Wildman–Crippen MR) is 125 cm³/mol. The highest BCUT2D eigenvalue weighted by atomic mass is 35.5. The van der Waals surface area contributed by atoms with Crippen molar-refractivity contribution in [3.63, 3.8) is 0 Å². The van der Waals surface area contributed by atoms with E-state index in [2.05, 4.69) is 10.1 Å². The quantitative estimate of drug-likeness (QED) is 0.367. The molecule has 0 aliphatic carbocycles. The van der Waals surface area contributed by atoms with Gasteiger partial charge in [-0.05, 0) is 66.2 Å². The number of nitrogens with zero attached hydrogens (tertiary/aromatic N) is 3. The first-order chi connectivity index (χ1) is 16.1. The van der Waals surface area contributed by atoms with Crippen LogP contribution in [0.25, 0.3) is 10.9 Å². The van der Waals surface area contributed by atoms with Gasteiger partial charge in [0.15, 0.2) is 5.76 Å². The second-order valence-electron chi connectivity index (χ2n) is 7.55. The number of amides is 1. The molecule has 4 aromatic rings. The van der Waals surface area contributed by atoms with Crippen molar-refractivity contribution in [2.24, 2.45) is 5.10 Å². The number of hydrazone groups is 1. The fraction of sp³-hybridized carbons (Fsp3) is 0.160. The Morgan fingerprint density at radius 2 is 1.82 bits per heavy atom. The Hall–Kier alpha value is -3.84. The molecule has 0 unspecified atom stereocenters. The average molecular weight is 462 g/mol. The highest BCUT2D eigenvalue weighted by molar-refractivity contribution is 6.30. The zero-order valence-corrected chi connectivity index (χ0v) is 18.7. The standard InChI is InChI=1S/C25H20ClN3O4/c1-31-17-7-5-15(6-8-17)21-14-22(29(28-21)25(30)23-4-3-11-33-23)19-13-16-12-18(32-2)9-10-20(16)27-24(19)26/h3-13,22H,14H2,1-2H3/t22-/m0/s1. The summed E-state index contributed by atoms with van der Waals surface area (Å²) in [5.74, 6) is 1.30. The summed E-state index contributed by atoms with van der Waals surface area (Å²) in [6.45, 7) is 0. The van der Waals surface area contributed by atoms with E-state index < -0.39 is 6.04 Å². The molecule has 0 bridgehead atoms. The first-order valence-corrected chi connectivity index (χ1v) is 10.7. The van der Waals surface area contributed by atoms with Gasteiger partial charge in [0, 0.05) is 17.4 Å². The van der Waals surface area contributed by atoms with Gasteiger partial charge in [0.2, 0.25) is 0 Å². The van der Waals surface area contributed by atoms with Crippen LogP contribution < -0.4 is 9.47 Å². The fourth-order valence-electron chi connectivity index (χ4n) is 3.92. The molecule has 7 nitrogen and oxygen atoms in total. The van der Waals surface area contributed by atoms with E-state index in [1.54, 1.807) is 26.4 Å². The van der Waals surface area contributed by atoms with Crippen molar-refractivity contribution in [2.75, 3.05) is 14.2 Å². The average Bonchev–Trinajstić information content (AvgIpc) is 3.54. The summed E-state index contributed by atoms with van der Waals surface area (Å²) >= 11 is 6.61. The van der Waals surface area contributed by atoms with Gasteiger partial charge in [0.1, 0.15) is 16.7 Å². The zero-order valence-electron chi connectivity index (χ0n) is 18.0. The number of methoxy groups -OCH3 is 2. The summed E-state index contributed by atoms with van der Waals surface area (Å²) < 4.78 is 16.0. The zero-order chi connectivity index (χ0) is 22.9. The number of ether oxygens (including phenoxy) is 2. The van der Waals surface area contributed by atoms with E-state index in [-0.39, 0.29) is 11.7 Å². The van der Waals surface area contributed by atoms with Gasteiger partial charge in [-0.2, -0.15) is 5.10 Å². The van der Waals surface area contributed by atoms with Crippen molar-refractivity contribution < 1.29 is 18.7 Å². The second kappa shape index (κ2) is 8.60. The number of aromatic nitrogens is 1. The van der Waals surface area contributed by atoms with Gasteiger partial charge in [-0.25, -0.2) is 9.99 Å². The fourth-order valence-corrected chi connectivity index (χ4v) is 4.19. The minimum absolute atomic E-state index is 0.200. The Labute approximate surface area is 195 Å². The second-order valence-corrected chi connectivity index (χ2v) is 7.91. The van der Waals surface area contributed by atoms with Crippen molar-refractivity contribution in [1.29, 1.82) is 0 Å². The van der Waals surface area contributed by atoms with E-state index in [0.29, 0.717) is 22.9 Å². The first kappa shape index (κ1) is 21.0. The van der Waals surface area contributed by atoms with E-state index in [9.17, 15) is 4.79 Å². The summed E-state index contributed by atoms with van der Waals surface area (Å²) in [7, 11) is 3.23. The van der Waals surface area contributed by atoms with Crippen LogP contribution in [0.4, 0.5) is 0 Å². The monoisotopic (exact) mass is 461 g/mol. The summed E-state index contributed by atoms with van der Waals surface area (Å²) in [5.41, 5.74) is 3.08. The molecular formula is C25H20ClN3O4. The Bertz CT molecular complexity index is 1350. The number of benzene rings is 2. The molecule has 0 radical (unpaired) electrons. The summed E-state index contributed by atoms with van der Waals surface area (Å²) in [6, 6.07) is 17.9. The molecule has 0 fully saturated rings. The molecule has 0 N–H and O–H groups in total. The van der Waals surface area contributed by atoms with Crippen LogP contribution in [0.3, 0.4) is 0 Å². The third kappa shape index (κ3) is 3.91. The van der Waals surface area contributed by atoms with E-state index in [1.165, 1.54) is 11.3 Å². The number of halogens is 1. The number of hydrogen-bond acceptors (Lipinski definition) is 6. The minimum Gasteiger partial charge on any atom is -0.497 e. The van der Waals surface area contributed by atoms with Crippen molar-refractivity contribution in [3.05, 3.63) is 89.0 Å². The number of rotatable bonds is 5. The van der Waals surface area contributed by atoms with Gasteiger partial charge in [0.25, 0.3) is 0 Å². The van der Waals surface area contributed by atoms with Gasteiger partial charge < -0.3 is 13.9 Å². The Morgan fingerprint density at radius 3 is 2.52 bits per heavy atom. The van der Waals surface area contributed by atoms with E-state index in [1.807, 2.05) is 48.5 Å². The lowest BCUT2D eigenvalue weighted by molar-refractivity contribution is 0.0678. The van der Waals surface area contributed by atoms with Gasteiger partial charge in [-0.1, -0.05) is 11.6 Å². The number of pyridine rings is 1. The summed E-state index contributed by atoms with van der Waals surface area (Å²) in [6.07, 6.45) is 1.93. The molecule has 1 atom stereocenters.